The van der Waals surface area contributed by atoms with Crippen LogP contribution in [0.4, 0.5) is 0 Å². The molecule has 2 rings (SSSR count). The summed E-state index contributed by atoms with van der Waals surface area (Å²) in [5.41, 5.74) is 6.55. The molecule has 0 unspecified atom stereocenters. The molecule has 0 aliphatic carbocycles. The molecule has 1 heterocycles. The molecule has 0 aromatic heterocycles. The van der Waals surface area contributed by atoms with Crippen molar-refractivity contribution in [3.05, 3.63) is 29.8 Å². The van der Waals surface area contributed by atoms with Gasteiger partial charge in [0, 0.05) is 25.7 Å². The molecule has 20 heavy (non-hydrogen) atoms. The van der Waals surface area contributed by atoms with Crippen molar-refractivity contribution in [2.45, 2.75) is 31.6 Å². The normalized spacial score (nSPS) is 21.8. The van der Waals surface area contributed by atoms with Crippen molar-refractivity contribution in [2.24, 2.45) is 5.73 Å². The minimum absolute atomic E-state index is 0.00635. The maximum absolute atomic E-state index is 12.3. The maximum Gasteiger partial charge on any atom is 0.251 e. The minimum atomic E-state index is -0.358. The van der Waals surface area contributed by atoms with Crippen LogP contribution in [0.1, 0.15) is 18.4 Å². The van der Waals surface area contributed by atoms with Gasteiger partial charge in [0.25, 0.3) is 5.91 Å². The van der Waals surface area contributed by atoms with Gasteiger partial charge < -0.3 is 20.1 Å². The average molecular weight is 278 g/mol. The number of nitrogens with two attached hydrogens (primary N) is 1. The van der Waals surface area contributed by atoms with Crippen LogP contribution in [-0.2, 0) is 16.1 Å². The largest absolute Gasteiger partial charge is 0.496 e. The van der Waals surface area contributed by atoms with E-state index in [9.17, 15) is 4.79 Å². The van der Waals surface area contributed by atoms with E-state index < -0.39 is 0 Å². The minimum Gasteiger partial charge on any atom is -0.496 e. The lowest BCUT2D eigenvalue weighted by Gasteiger charge is -2.22. The molecule has 1 aliphatic rings. The van der Waals surface area contributed by atoms with Gasteiger partial charge in [0.15, 0.2) is 0 Å². The second kappa shape index (κ2) is 6.72. The Hall–Kier alpha value is -1.59. The predicted octanol–water partition coefficient (Wildman–Crippen LogP) is 1.16. The molecule has 110 valence electrons. The first-order valence-corrected chi connectivity index (χ1v) is 6.88. The highest BCUT2D eigenvalue weighted by atomic mass is 16.5. The topological polar surface area (TPSA) is 64.8 Å². The van der Waals surface area contributed by atoms with E-state index in [2.05, 4.69) is 0 Å². The lowest BCUT2D eigenvalue weighted by molar-refractivity contribution is -0.141. The van der Waals surface area contributed by atoms with E-state index in [0.29, 0.717) is 13.1 Å². The van der Waals surface area contributed by atoms with Crippen molar-refractivity contribution in [1.29, 1.82) is 0 Å². The Kier molecular flexibility index (Phi) is 4.98. The van der Waals surface area contributed by atoms with Gasteiger partial charge in [0.2, 0.25) is 0 Å². The summed E-state index contributed by atoms with van der Waals surface area (Å²) >= 11 is 0. The number of benzene rings is 1. The van der Waals surface area contributed by atoms with Crippen LogP contribution >= 0.6 is 0 Å². The van der Waals surface area contributed by atoms with Crippen LogP contribution in [0, 0.1) is 0 Å². The highest BCUT2D eigenvalue weighted by Crippen LogP contribution is 2.23. The van der Waals surface area contributed by atoms with Gasteiger partial charge in [-0.3, -0.25) is 4.79 Å². The number of ether oxygens (including phenoxy) is 2. The number of likely N-dealkylation sites (N-methyl/N-ethyl adjacent to an activating group) is 1. The lowest BCUT2D eigenvalue weighted by atomic mass is 10.1. The van der Waals surface area contributed by atoms with Crippen LogP contribution in [0.3, 0.4) is 0 Å². The Morgan fingerprint density at radius 2 is 2.20 bits per heavy atom. The first kappa shape index (κ1) is 14.8. The highest BCUT2D eigenvalue weighted by molar-refractivity contribution is 5.81. The number of para-hydroxylation sites is 1. The standard InChI is InChI=1S/C15H22N2O3/c1-17(10-11-5-3-4-6-13(11)19-2)15(18)14-8-7-12(9-16)20-14/h3-6,12,14H,7-10,16H2,1-2H3/t12-,14+/m1/s1. The molecule has 0 spiro atoms. The second-order valence-corrected chi connectivity index (χ2v) is 5.07. The molecule has 2 N–H and O–H groups in total. The smallest absolute Gasteiger partial charge is 0.251 e. The van der Waals surface area contributed by atoms with Crippen LogP contribution < -0.4 is 10.5 Å². The van der Waals surface area contributed by atoms with Gasteiger partial charge in [-0.1, -0.05) is 18.2 Å². The van der Waals surface area contributed by atoms with Gasteiger partial charge in [-0.2, -0.15) is 0 Å². The second-order valence-electron chi connectivity index (χ2n) is 5.07. The Morgan fingerprint density at radius 1 is 1.45 bits per heavy atom. The molecule has 1 fully saturated rings. The highest BCUT2D eigenvalue weighted by Gasteiger charge is 2.31. The van der Waals surface area contributed by atoms with E-state index >= 15 is 0 Å². The number of amides is 1. The molecule has 5 nitrogen and oxygen atoms in total. The third-order valence-corrected chi connectivity index (χ3v) is 3.62. The van der Waals surface area contributed by atoms with Crippen LogP contribution in [0.15, 0.2) is 24.3 Å². The zero-order chi connectivity index (χ0) is 14.5. The third kappa shape index (κ3) is 3.29. The van der Waals surface area contributed by atoms with Crippen molar-refractivity contribution < 1.29 is 14.3 Å². The van der Waals surface area contributed by atoms with Crippen LogP contribution in [0.2, 0.25) is 0 Å². The first-order chi connectivity index (χ1) is 9.65. The molecule has 1 saturated heterocycles. The van der Waals surface area contributed by atoms with Crippen LogP contribution in [-0.4, -0.2) is 43.7 Å². The van der Waals surface area contributed by atoms with E-state index in [1.165, 1.54) is 0 Å². The Bertz CT molecular complexity index is 464. The van der Waals surface area contributed by atoms with Gasteiger partial charge in [0.1, 0.15) is 11.9 Å². The third-order valence-electron chi connectivity index (χ3n) is 3.62. The van der Waals surface area contributed by atoms with Crippen LogP contribution in [0.5, 0.6) is 5.75 Å². The molecule has 5 heteroatoms. The number of carbonyl (C=O) groups is 1. The average Bonchev–Trinajstić information content (AvgIpc) is 2.95. The van der Waals surface area contributed by atoms with Crippen molar-refractivity contribution in [1.82, 2.24) is 4.90 Å². The molecule has 0 saturated carbocycles. The summed E-state index contributed by atoms with van der Waals surface area (Å²) in [5, 5.41) is 0. The quantitative estimate of drug-likeness (QED) is 0.878. The summed E-state index contributed by atoms with van der Waals surface area (Å²) in [6.45, 7) is 0.982. The zero-order valence-electron chi connectivity index (χ0n) is 12.0. The number of hydrogen-bond donors (Lipinski definition) is 1. The lowest BCUT2D eigenvalue weighted by Crippen LogP contribution is -2.36. The Labute approximate surface area is 119 Å². The summed E-state index contributed by atoms with van der Waals surface area (Å²) in [7, 11) is 3.42. The van der Waals surface area contributed by atoms with Crippen molar-refractivity contribution in [3.63, 3.8) is 0 Å². The SMILES string of the molecule is COc1ccccc1CN(C)C(=O)[C@@H]1CC[C@H](CN)O1. The van der Waals surface area contributed by atoms with E-state index in [-0.39, 0.29) is 18.1 Å². The summed E-state index contributed by atoms with van der Waals surface area (Å²) < 4.78 is 10.9. The van der Waals surface area contributed by atoms with Gasteiger partial charge >= 0.3 is 0 Å². The Balaban J connectivity index is 1.97. The summed E-state index contributed by atoms with van der Waals surface area (Å²) in [4.78, 5) is 14.0. The molecule has 1 aliphatic heterocycles. The molecule has 1 amide bonds. The van der Waals surface area contributed by atoms with Crippen molar-refractivity contribution in [2.75, 3.05) is 20.7 Å². The fraction of sp³-hybridized carbons (Fsp3) is 0.533. The fourth-order valence-corrected chi connectivity index (χ4v) is 2.47. The molecule has 0 radical (unpaired) electrons. The number of hydrogen-bond acceptors (Lipinski definition) is 4. The van der Waals surface area contributed by atoms with E-state index in [1.807, 2.05) is 24.3 Å². The van der Waals surface area contributed by atoms with Gasteiger partial charge in [-0.05, 0) is 18.9 Å². The Morgan fingerprint density at radius 3 is 2.85 bits per heavy atom. The van der Waals surface area contributed by atoms with Gasteiger partial charge in [-0.15, -0.1) is 0 Å². The van der Waals surface area contributed by atoms with Gasteiger partial charge in [-0.25, -0.2) is 0 Å². The number of nitrogens with zero attached hydrogens (tertiary/aromatic N) is 1. The van der Waals surface area contributed by atoms with E-state index in [0.717, 1.165) is 24.2 Å². The number of rotatable bonds is 5. The summed E-state index contributed by atoms with van der Waals surface area (Å²) in [6, 6.07) is 7.70. The maximum atomic E-state index is 12.3. The predicted molar refractivity (Wildman–Crippen MR) is 76.4 cm³/mol. The van der Waals surface area contributed by atoms with Gasteiger partial charge in [0.05, 0.1) is 13.2 Å². The van der Waals surface area contributed by atoms with Crippen LogP contribution in [0.25, 0.3) is 0 Å². The monoisotopic (exact) mass is 278 g/mol. The van der Waals surface area contributed by atoms with Crippen molar-refractivity contribution in [3.8, 4) is 5.75 Å². The number of methoxy groups -OCH3 is 1. The molecule has 0 bridgehead atoms. The molecule has 1 aromatic rings. The fourth-order valence-electron chi connectivity index (χ4n) is 2.47. The molecular formula is C15H22N2O3. The van der Waals surface area contributed by atoms with Crippen molar-refractivity contribution >= 4 is 5.91 Å². The first-order valence-electron chi connectivity index (χ1n) is 6.88. The molecular weight excluding hydrogens is 256 g/mol. The number of carbonyl (C=O) groups excluding carboxylic acids is 1. The zero-order valence-corrected chi connectivity index (χ0v) is 12.0. The molecule has 2 atom stereocenters. The summed E-state index contributed by atoms with van der Waals surface area (Å²) in [6.07, 6.45) is 1.26. The molecule has 1 aromatic carbocycles. The van der Waals surface area contributed by atoms with E-state index in [4.69, 9.17) is 15.2 Å². The van der Waals surface area contributed by atoms with E-state index in [1.54, 1.807) is 19.1 Å². The summed E-state index contributed by atoms with van der Waals surface area (Å²) in [5.74, 6) is 0.797.